The Hall–Kier alpha value is -1.96. The maximum atomic E-state index is 13.1. The van der Waals surface area contributed by atoms with Gasteiger partial charge < -0.3 is 4.90 Å². The number of hydrogen-bond acceptors (Lipinski definition) is 5. The van der Waals surface area contributed by atoms with Gasteiger partial charge in [0, 0.05) is 17.9 Å². The highest BCUT2D eigenvalue weighted by Crippen LogP contribution is 2.32. The first-order valence-electron chi connectivity index (χ1n) is 10.5. The van der Waals surface area contributed by atoms with Crippen LogP contribution in [-0.2, 0) is 4.79 Å². The third-order valence-corrected chi connectivity index (χ3v) is 7.08. The van der Waals surface area contributed by atoms with Crippen molar-refractivity contribution < 1.29 is 9.18 Å². The number of carbonyl (C=O) groups is 1. The second-order valence-electron chi connectivity index (χ2n) is 8.03. The lowest BCUT2D eigenvalue weighted by Crippen LogP contribution is -2.33. The van der Waals surface area contributed by atoms with Crippen LogP contribution >= 0.6 is 23.1 Å². The Morgan fingerprint density at radius 1 is 1.10 bits per heavy atom. The van der Waals surface area contributed by atoms with Gasteiger partial charge in [-0.2, -0.15) is 0 Å². The van der Waals surface area contributed by atoms with Gasteiger partial charge in [-0.05, 0) is 94.5 Å². The normalized spacial score (nSPS) is 11.4. The summed E-state index contributed by atoms with van der Waals surface area (Å²) in [6.45, 7) is 5.75. The van der Waals surface area contributed by atoms with Crippen LogP contribution in [-0.4, -0.2) is 48.7 Å². The average molecular weight is 460 g/mol. The SMILES string of the molecule is Cc1cc(C)c2nc(N(CCCN(C)C)C(=O)CCCSc3ccc(F)cc3)sc2c1. The lowest BCUT2D eigenvalue weighted by atomic mass is 10.1. The standard InChI is InChI=1S/C24H30FN3OS2/c1-17-15-18(2)23-21(16-17)31-24(26-23)28(13-6-12-27(3)4)22(29)7-5-14-30-20-10-8-19(25)9-11-20/h8-11,15-16H,5-7,12-14H2,1-4H3. The largest absolute Gasteiger partial charge is 0.309 e. The minimum Gasteiger partial charge on any atom is -0.309 e. The van der Waals surface area contributed by atoms with E-state index < -0.39 is 0 Å². The molecule has 0 saturated carbocycles. The van der Waals surface area contributed by atoms with E-state index in [0.717, 1.165) is 50.9 Å². The molecule has 0 unspecified atom stereocenters. The van der Waals surface area contributed by atoms with Crippen molar-refractivity contribution in [3.8, 4) is 0 Å². The summed E-state index contributed by atoms with van der Waals surface area (Å²) in [7, 11) is 4.09. The molecular weight excluding hydrogens is 429 g/mol. The van der Waals surface area contributed by atoms with Crippen LogP contribution in [0, 0.1) is 19.7 Å². The van der Waals surface area contributed by atoms with Gasteiger partial charge in [0.1, 0.15) is 5.82 Å². The van der Waals surface area contributed by atoms with E-state index in [9.17, 15) is 9.18 Å². The molecular formula is C24H30FN3OS2. The number of nitrogens with zero attached hydrogens (tertiary/aromatic N) is 3. The summed E-state index contributed by atoms with van der Waals surface area (Å²) >= 11 is 3.25. The molecule has 0 saturated heterocycles. The van der Waals surface area contributed by atoms with Gasteiger partial charge in [-0.15, -0.1) is 11.8 Å². The molecule has 166 valence electrons. The molecule has 0 atom stereocenters. The fourth-order valence-corrected chi connectivity index (χ4v) is 5.46. The number of thiazole rings is 1. The van der Waals surface area contributed by atoms with Crippen LogP contribution in [0.3, 0.4) is 0 Å². The molecule has 0 bridgehead atoms. The monoisotopic (exact) mass is 459 g/mol. The van der Waals surface area contributed by atoms with Crippen molar-refractivity contribution in [2.24, 2.45) is 0 Å². The van der Waals surface area contributed by atoms with Crippen molar-refractivity contribution in [1.82, 2.24) is 9.88 Å². The van der Waals surface area contributed by atoms with Crippen molar-refractivity contribution in [3.05, 3.63) is 53.3 Å². The predicted molar refractivity (Wildman–Crippen MR) is 131 cm³/mol. The number of carbonyl (C=O) groups excluding carboxylic acids is 1. The maximum absolute atomic E-state index is 13.1. The minimum absolute atomic E-state index is 0.117. The fraction of sp³-hybridized carbons (Fsp3) is 0.417. The first-order chi connectivity index (χ1) is 14.8. The Labute approximate surface area is 192 Å². The van der Waals surface area contributed by atoms with Gasteiger partial charge in [-0.1, -0.05) is 17.4 Å². The number of aromatic nitrogens is 1. The number of amides is 1. The van der Waals surface area contributed by atoms with E-state index in [0.29, 0.717) is 13.0 Å². The van der Waals surface area contributed by atoms with Crippen molar-refractivity contribution in [3.63, 3.8) is 0 Å². The van der Waals surface area contributed by atoms with E-state index in [1.807, 2.05) is 19.0 Å². The van der Waals surface area contributed by atoms with Crippen molar-refractivity contribution >= 4 is 44.4 Å². The number of fused-ring (bicyclic) bond motifs is 1. The van der Waals surface area contributed by atoms with Gasteiger partial charge in [0.05, 0.1) is 10.2 Å². The van der Waals surface area contributed by atoms with Crippen molar-refractivity contribution in [2.75, 3.05) is 37.8 Å². The summed E-state index contributed by atoms with van der Waals surface area (Å²) in [4.78, 5) is 23.0. The summed E-state index contributed by atoms with van der Waals surface area (Å²) < 4.78 is 14.2. The predicted octanol–water partition coefficient (Wildman–Crippen LogP) is 5.91. The topological polar surface area (TPSA) is 36.4 Å². The summed E-state index contributed by atoms with van der Waals surface area (Å²) in [6.07, 6.45) is 2.15. The molecule has 0 spiro atoms. The lowest BCUT2D eigenvalue weighted by molar-refractivity contribution is -0.118. The minimum atomic E-state index is -0.228. The molecule has 2 aromatic carbocycles. The quantitative estimate of drug-likeness (QED) is 0.279. The Morgan fingerprint density at radius 3 is 2.55 bits per heavy atom. The number of halogens is 1. The van der Waals surface area contributed by atoms with Gasteiger partial charge in [-0.25, -0.2) is 9.37 Å². The lowest BCUT2D eigenvalue weighted by Gasteiger charge is -2.21. The molecule has 0 radical (unpaired) electrons. The summed E-state index contributed by atoms with van der Waals surface area (Å²) in [5, 5.41) is 0.790. The highest BCUT2D eigenvalue weighted by Gasteiger charge is 2.20. The molecule has 1 aromatic heterocycles. The Kier molecular flexibility index (Phi) is 8.46. The molecule has 0 aliphatic rings. The summed E-state index contributed by atoms with van der Waals surface area (Å²) in [6, 6.07) is 10.8. The van der Waals surface area contributed by atoms with Gasteiger partial charge in [0.25, 0.3) is 0 Å². The zero-order chi connectivity index (χ0) is 22.4. The highest BCUT2D eigenvalue weighted by atomic mass is 32.2. The molecule has 0 aliphatic carbocycles. The van der Waals surface area contributed by atoms with Crippen LogP contribution in [0.25, 0.3) is 10.2 Å². The second-order valence-corrected chi connectivity index (χ2v) is 10.2. The molecule has 4 nitrogen and oxygen atoms in total. The van der Waals surface area contributed by atoms with E-state index in [4.69, 9.17) is 4.98 Å². The first-order valence-corrected chi connectivity index (χ1v) is 12.3. The van der Waals surface area contributed by atoms with Crippen molar-refractivity contribution in [2.45, 2.75) is 38.0 Å². The zero-order valence-corrected chi connectivity index (χ0v) is 20.3. The first kappa shape index (κ1) is 23.7. The van der Waals surface area contributed by atoms with Gasteiger partial charge in [0.2, 0.25) is 5.91 Å². The maximum Gasteiger partial charge on any atom is 0.228 e. The van der Waals surface area contributed by atoms with E-state index >= 15 is 0 Å². The van der Waals surface area contributed by atoms with Crippen LogP contribution in [0.4, 0.5) is 9.52 Å². The van der Waals surface area contributed by atoms with Crippen LogP contribution in [0.2, 0.25) is 0 Å². The summed E-state index contributed by atoms with van der Waals surface area (Å²) in [5.41, 5.74) is 3.35. The molecule has 1 amide bonds. The molecule has 0 N–H and O–H groups in total. The summed E-state index contributed by atoms with van der Waals surface area (Å²) in [5.74, 6) is 0.710. The molecule has 1 heterocycles. The fourth-order valence-electron chi connectivity index (χ4n) is 3.43. The smallest absolute Gasteiger partial charge is 0.228 e. The van der Waals surface area contributed by atoms with E-state index in [1.54, 1.807) is 35.2 Å². The van der Waals surface area contributed by atoms with E-state index in [-0.39, 0.29) is 11.7 Å². The Balaban J connectivity index is 1.66. The van der Waals surface area contributed by atoms with Crippen LogP contribution in [0.1, 0.15) is 30.4 Å². The number of rotatable bonds is 10. The third-order valence-electron chi connectivity index (χ3n) is 4.95. The van der Waals surface area contributed by atoms with Crippen molar-refractivity contribution in [1.29, 1.82) is 0 Å². The number of benzene rings is 2. The molecule has 0 fully saturated rings. The second kappa shape index (κ2) is 11.1. The molecule has 7 heteroatoms. The van der Waals surface area contributed by atoms with E-state index in [2.05, 4.69) is 30.9 Å². The Bertz CT molecular complexity index is 1020. The van der Waals surface area contributed by atoms with Gasteiger partial charge >= 0.3 is 0 Å². The van der Waals surface area contributed by atoms with Crippen LogP contribution in [0.15, 0.2) is 41.3 Å². The molecule has 3 rings (SSSR count). The number of aryl methyl sites for hydroxylation is 2. The number of hydrogen-bond donors (Lipinski definition) is 0. The number of anilines is 1. The zero-order valence-electron chi connectivity index (χ0n) is 18.7. The van der Waals surface area contributed by atoms with Crippen LogP contribution in [0.5, 0.6) is 0 Å². The molecule has 31 heavy (non-hydrogen) atoms. The third kappa shape index (κ3) is 6.76. The molecule has 0 aliphatic heterocycles. The average Bonchev–Trinajstić information content (AvgIpc) is 3.13. The van der Waals surface area contributed by atoms with Gasteiger partial charge in [0.15, 0.2) is 5.13 Å². The van der Waals surface area contributed by atoms with E-state index in [1.165, 1.54) is 17.7 Å². The number of thioether (sulfide) groups is 1. The van der Waals surface area contributed by atoms with Crippen LogP contribution < -0.4 is 4.90 Å². The highest BCUT2D eigenvalue weighted by molar-refractivity contribution is 7.99. The Morgan fingerprint density at radius 2 is 1.84 bits per heavy atom. The molecule has 3 aromatic rings. The van der Waals surface area contributed by atoms with Gasteiger partial charge in [-0.3, -0.25) is 9.69 Å².